The summed E-state index contributed by atoms with van der Waals surface area (Å²) in [6.45, 7) is 0. The smallest absolute Gasteiger partial charge is 0.256 e. The van der Waals surface area contributed by atoms with Crippen LogP contribution in [0.5, 0.6) is 11.5 Å². The van der Waals surface area contributed by atoms with Crippen LogP contribution in [0.1, 0.15) is 10.4 Å². The SMILES string of the molecule is COc1cc(OC)c(NC(=O)c2cc(I)cc(I)c2I)cc1Cl. The van der Waals surface area contributed by atoms with Gasteiger partial charge in [0.1, 0.15) is 11.5 Å². The number of rotatable bonds is 4. The molecule has 2 aromatic carbocycles. The van der Waals surface area contributed by atoms with Gasteiger partial charge in [0.2, 0.25) is 0 Å². The van der Waals surface area contributed by atoms with E-state index in [4.69, 9.17) is 21.1 Å². The number of hydrogen-bond donors (Lipinski definition) is 1. The van der Waals surface area contributed by atoms with Crippen molar-refractivity contribution in [1.82, 2.24) is 0 Å². The van der Waals surface area contributed by atoms with E-state index in [1.54, 1.807) is 12.1 Å². The zero-order valence-electron chi connectivity index (χ0n) is 12.0. The molecule has 0 aliphatic carbocycles. The van der Waals surface area contributed by atoms with Gasteiger partial charge >= 0.3 is 0 Å². The maximum Gasteiger partial charge on any atom is 0.256 e. The van der Waals surface area contributed by atoms with E-state index < -0.39 is 0 Å². The van der Waals surface area contributed by atoms with Crippen LogP contribution >= 0.6 is 79.4 Å². The lowest BCUT2D eigenvalue weighted by Gasteiger charge is -2.14. The summed E-state index contributed by atoms with van der Waals surface area (Å²) in [6, 6.07) is 7.12. The Hall–Kier alpha value is -0.01000. The second kappa shape index (κ2) is 8.39. The minimum Gasteiger partial charge on any atom is -0.495 e. The molecule has 4 nitrogen and oxygen atoms in total. The molecular formula is C15H11ClI3NO3. The van der Waals surface area contributed by atoms with Crippen LogP contribution < -0.4 is 14.8 Å². The van der Waals surface area contributed by atoms with Crippen molar-refractivity contribution in [2.75, 3.05) is 19.5 Å². The molecule has 2 aromatic rings. The summed E-state index contributed by atoms with van der Waals surface area (Å²) in [5.74, 6) is 0.750. The largest absolute Gasteiger partial charge is 0.495 e. The van der Waals surface area contributed by atoms with Crippen LogP contribution in [-0.4, -0.2) is 20.1 Å². The first kappa shape index (κ1) is 19.3. The fourth-order valence-corrected chi connectivity index (χ4v) is 4.51. The predicted octanol–water partition coefficient (Wildman–Crippen LogP) is 5.42. The highest BCUT2D eigenvalue weighted by Gasteiger charge is 2.17. The molecule has 1 N–H and O–H groups in total. The molecule has 23 heavy (non-hydrogen) atoms. The van der Waals surface area contributed by atoms with Crippen molar-refractivity contribution in [1.29, 1.82) is 0 Å². The molecule has 0 aliphatic heterocycles. The molecule has 1 amide bonds. The Balaban J connectivity index is 2.39. The molecule has 0 heterocycles. The van der Waals surface area contributed by atoms with Crippen LogP contribution in [0, 0.1) is 10.7 Å². The number of anilines is 1. The van der Waals surface area contributed by atoms with Gasteiger partial charge in [0.25, 0.3) is 5.91 Å². The van der Waals surface area contributed by atoms with Crippen LogP contribution in [0.2, 0.25) is 5.02 Å². The highest BCUT2D eigenvalue weighted by molar-refractivity contribution is 14.1. The summed E-state index contributed by atoms with van der Waals surface area (Å²) < 4.78 is 13.4. The van der Waals surface area contributed by atoms with Gasteiger partial charge in [0.15, 0.2) is 0 Å². The van der Waals surface area contributed by atoms with Gasteiger partial charge < -0.3 is 14.8 Å². The number of benzene rings is 2. The van der Waals surface area contributed by atoms with E-state index in [1.807, 2.05) is 12.1 Å². The van der Waals surface area contributed by atoms with Gasteiger partial charge in [-0.15, -0.1) is 0 Å². The van der Waals surface area contributed by atoms with Crippen LogP contribution in [0.3, 0.4) is 0 Å². The maximum absolute atomic E-state index is 12.6. The van der Waals surface area contributed by atoms with Crippen LogP contribution in [0.4, 0.5) is 5.69 Å². The number of carbonyl (C=O) groups excluding carboxylic acids is 1. The minimum absolute atomic E-state index is 0.217. The highest BCUT2D eigenvalue weighted by atomic mass is 127. The first-order chi connectivity index (χ1) is 10.9. The van der Waals surface area contributed by atoms with Gasteiger partial charge in [0.05, 0.1) is 30.5 Å². The molecule has 2 rings (SSSR count). The van der Waals surface area contributed by atoms with Gasteiger partial charge in [-0.2, -0.15) is 0 Å². The summed E-state index contributed by atoms with van der Waals surface area (Å²) in [6.07, 6.45) is 0. The Kier molecular flexibility index (Phi) is 7.04. The molecule has 0 aliphatic rings. The van der Waals surface area contributed by atoms with Crippen LogP contribution in [0.15, 0.2) is 24.3 Å². The van der Waals surface area contributed by atoms with E-state index in [2.05, 4.69) is 73.1 Å². The number of hydrogen-bond acceptors (Lipinski definition) is 3. The number of ether oxygens (including phenoxy) is 2. The summed E-state index contributed by atoms with van der Waals surface area (Å²) >= 11 is 12.7. The Labute approximate surface area is 180 Å². The summed E-state index contributed by atoms with van der Waals surface area (Å²) in [4.78, 5) is 12.6. The van der Waals surface area contributed by atoms with Crippen molar-refractivity contribution in [3.05, 3.63) is 45.6 Å². The van der Waals surface area contributed by atoms with Crippen molar-refractivity contribution in [3.8, 4) is 11.5 Å². The lowest BCUT2D eigenvalue weighted by atomic mass is 10.2. The van der Waals surface area contributed by atoms with E-state index in [0.29, 0.717) is 27.8 Å². The molecule has 0 spiro atoms. The molecule has 0 bridgehead atoms. The van der Waals surface area contributed by atoms with E-state index in [-0.39, 0.29) is 5.91 Å². The van der Waals surface area contributed by atoms with E-state index >= 15 is 0 Å². The Morgan fingerprint density at radius 1 is 1.04 bits per heavy atom. The van der Waals surface area contributed by atoms with Gasteiger partial charge in [-0.1, -0.05) is 11.6 Å². The summed E-state index contributed by atoms with van der Waals surface area (Å²) in [5, 5.41) is 3.25. The monoisotopic (exact) mass is 669 g/mol. The average Bonchev–Trinajstić information content (AvgIpc) is 2.51. The molecule has 0 aromatic heterocycles. The van der Waals surface area contributed by atoms with Gasteiger partial charge in [0, 0.05) is 16.8 Å². The quantitative estimate of drug-likeness (QED) is 0.350. The van der Waals surface area contributed by atoms with Crippen molar-refractivity contribution in [3.63, 3.8) is 0 Å². The lowest BCUT2D eigenvalue weighted by Crippen LogP contribution is -2.15. The molecule has 0 saturated heterocycles. The van der Waals surface area contributed by atoms with E-state index in [1.165, 1.54) is 14.2 Å². The van der Waals surface area contributed by atoms with Gasteiger partial charge in [-0.05, 0) is 86.0 Å². The number of nitrogens with one attached hydrogen (secondary N) is 1. The zero-order valence-corrected chi connectivity index (χ0v) is 19.3. The third-order valence-electron chi connectivity index (χ3n) is 2.96. The fraction of sp³-hybridized carbons (Fsp3) is 0.133. The second-order valence-electron chi connectivity index (χ2n) is 4.39. The first-order valence-corrected chi connectivity index (χ1v) is 9.86. The predicted molar refractivity (Wildman–Crippen MR) is 117 cm³/mol. The molecule has 0 saturated carbocycles. The molecule has 0 radical (unpaired) electrons. The third kappa shape index (κ3) is 4.54. The number of carbonyl (C=O) groups is 1. The number of amides is 1. The first-order valence-electron chi connectivity index (χ1n) is 6.24. The third-order valence-corrected chi connectivity index (χ3v) is 6.92. The van der Waals surface area contributed by atoms with Gasteiger partial charge in [-0.25, -0.2) is 0 Å². The van der Waals surface area contributed by atoms with E-state index in [9.17, 15) is 4.79 Å². The summed E-state index contributed by atoms with van der Waals surface area (Å²) in [5.41, 5.74) is 1.10. The van der Waals surface area contributed by atoms with Gasteiger partial charge in [-0.3, -0.25) is 4.79 Å². The topological polar surface area (TPSA) is 47.6 Å². The minimum atomic E-state index is -0.217. The maximum atomic E-state index is 12.6. The number of halogens is 4. The normalized spacial score (nSPS) is 10.3. The average molecular weight is 669 g/mol. The Morgan fingerprint density at radius 3 is 2.30 bits per heavy atom. The van der Waals surface area contributed by atoms with Crippen LogP contribution in [-0.2, 0) is 0 Å². The Bertz CT molecular complexity index is 768. The van der Waals surface area contributed by atoms with E-state index in [0.717, 1.165) is 10.7 Å². The molecule has 122 valence electrons. The van der Waals surface area contributed by atoms with Crippen molar-refractivity contribution < 1.29 is 14.3 Å². The zero-order chi connectivity index (χ0) is 17.1. The fourth-order valence-electron chi connectivity index (χ4n) is 1.87. The lowest BCUT2D eigenvalue weighted by molar-refractivity contribution is 0.102. The second-order valence-corrected chi connectivity index (χ2v) is 8.28. The molecule has 0 atom stereocenters. The van der Waals surface area contributed by atoms with Crippen molar-refractivity contribution in [2.24, 2.45) is 0 Å². The van der Waals surface area contributed by atoms with Crippen molar-refractivity contribution in [2.45, 2.75) is 0 Å². The standard InChI is InChI=1S/C15H11ClI3NO3/c1-22-12-6-13(23-2)11(5-9(12)16)20-15(21)8-3-7(17)4-10(18)14(8)19/h3-6H,1-2H3,(H,20,21). The highest BCUT2D eigenvalue weighted by Crippen LogP contribution is 2.36. The van der Waals surface area contributed by atoms with Crippen molar-refractivity contribution >= 4 is 91.0 Å². The van der Waals surface area contributed by atoms with Crippen LogP contribution in [0.25, 0.3) is 0 Å². The molecule has 0 fully saturated rings. The number of methoxy groups -OCH3 is 2. The Morgan fingerprint density at radius 2 is 1.70 bits per heavy atom. The molecular weight excluding hydrogens is 658 g/mol. The summed E-state index contributed by atoms with van der Waals surface area (Å²) in [7, 11) is 3.05. The molecule has 0 unspecified atom stereocenters. The molecule has 8 heteroatoms.